The van der Waals surface area contributed by atoms with Gasteiger partial charge in [0.2, 0.25) is 10.0 Å². The molecule has 0 fully saturated rings. The predicted molar refractivity (Wildman–Crippen MR) is 76.4 cm³/mol. The number of aromatic nitrogens is 2. The third kappa shape index (κ3) is 4.10. The lowest BCUT2D eigenvalue weighted by Gasteiger charge is -2.08. The van der Waals surface area contributed by atoms with Crippen molar-refractivity contribution in [2.24, 2.45) is 5.73 Å². The SMILES string of the molecule is NCc1ccc(S(=O)(=O)NCCCc2ncc[nH]2)c(F)c1. The number of nitrogens with zero attached hydrogens (tertiary/aromatic N) is 1. The van der Waals surface area contributed by atoms with Gasteiger partial charge in [0.1, 0.15) is 16.5 Å². The number of halogens is 1. The van der Waals surface area contributed by atoms with Crippen LogP contribution >= 0.6 is 0 Å². The summed E-state index contributed by atoms with van der Waals surface area (Å²) in [4.78, 5) is 6.60. The molecule has 0 amide bonds. The van der Waals surface area contributed by atoms with Crippen molar-refractivity contribution in [2.75, 3.05) is 6.54 Å². The summed E-state index contributed by atoms with van der Waals surface area (Å²) in [5.41, 5.74) is 5.93. The lowest BCUT2D eigenvalue weighted by molar-refractivity contribution is 0.554. The molecule has 0 atom stereocenters. The highest BCUT2D eigenvalue weighted by molar-refractivity contribution is 7.89. The minimum atomic E-state index is -3.85. The number of imidazole rings is 1. The topological polar surface area (TPSA) is 101 Å². The van der Waals surface area contributed by atoms with Gasteiger partial charge in [0.15, 0.2) is 0 Å². The van der Waals surface area contributed by atoms with E-state index in [1.165, 1.54) is 12.1 Å². The Morgan fingerprint density at radius 2 is 2.19 bits per heavy atom. The lowest BCUT2D eigenvalue weighted by Crippen LogP contribution is -2.26. The van der Waals surface area contributed by atoms with Gasteiger partial charge in [-0.1, -0.05) is 6.07 Å². The van der Waals surface area contributed by atoms with Crippen LogP contribution in [0.25, 0.3) is 0 Å². The van der Waals surface area contributed by atoms with Crippen molar-refractivity contribution in [1.29, 1.82) is 0 Å². The Kier molecular flexibility index (Phi) is 5.05. The molecule has 1 heterocycles. The Labute approximate surface area is 122 Å². The average Bonchev–Trinajstić information content (AvgIpc) is 2.96. The molecule has 6 nitrogen and oxygen atoms in total. The number of sulfonamides is 1. The average molecular weight is 312 g/mol. The minimum Gasteiger partial charge on any atom is -0.349 e. The van der Waals surface area contributed by atoms with E-state index >= 15 is 0 Å². The summed E-state index contributed by atoms with van der Waals surface area (Å²) in [6.45, 7) is 0.370. The Morgan fingerprint density at radius 1 is 1.38 bits per heavy atom. The largest absolute Gasteiger partial charge is 0.349 e. The molecule has 0 unspecified atom stereocenters. The van der Waals surface area contributed by atoms with Crippen molar-refractivity contribution in [1.82, 2.24) is 14.7 Å². The van der Waals surface area contributed by atoms with Crippen molar-refractivity contribution in [3.8, 4) is 0 Å². The fourth-order valence-corrected chi connectivity index (χ4v) is 3.00. The second kappa shape index (κ2) is 6.79. The maximum atomic E-state index is 13.8. The molecule has 0 spiro atoms. The van der Waals surface area contributed by atoms with Crippen molar-refractivity contribution in [3.05, 3.63) is 47.8 Å². The first-order valence-electron chi connectivity index (χ1n) is 6.49. The van der Waals surface area contributed by atoms with Gasteiger partial charge in [0.05, 0.1) is 0 Å². The van der Waals surface area contributed by atoms with Crippen LogP contribution in [-0.2, 0) is 23.0 Å². The van der Waals surface area contributed by atoms with Gasteiger partial charge in [0.25, 0.3) is 0 Å². The first-order chi connectivity index (χ1) is 10.0. The Bertz CT molecular complexity index is 686. The first-order valence-corrected chi connectivity index (χ1v) is 7.97. The highest BCUT2D eigenvalue weighted by atomic mass is 32.2. The van der Waals surface area contributed by atoms with Gasteiger partial charge in [-0.05, 0) is 24.1 Å². The van der Waals surface area contributed by atoms with Crippen LogP contribution < -0.4 is 10.5 Å². The van der Waals surface area contributed by atoms with Gasteiger partial charge < -0.3 is 10.7 Å². The van der Waals surface area contributed by atoms with Crippen molar-refractivity contribution in [3.63, 3.8) is 0 Å². The highest BCUT2D eigenvalue weighted by Gasteiger charge is 2.18. The molecule has 0 radical (unpaired) electrons. The molecule has 1 aromatic carbocycles. The van der Waals surface area contributed by atoms with E-state index in [2.05, 4.69) is 14.7 Å². The zero-order valence-corrected chi connectivity index (χ0v) is 12.2. The second-order valence-electron chi connectivity index (χ2n) is 4.51. The molecule has 114 valence electrons. The number of aromatic amines is 1. The molecule has 0 bridgehead atoms. The quantitative estimate of drug-likeness (QED) is 0.662. The number of nitrogens with two attached hydrogens (primary N) is 1. The highest BCUT2D eigenvalue weighted by Crippen LogP contribution is 2.15. The number of H-pyrrole nitrogens is 1. The van der Waals surface area contributed by atoms with E-state index in [1.54, 1.807) is 12.4 Å². The maximum absolute atomic E-state index is 13.8. The summed E-state index contributed by atoms with van der Waals surface area (Å²) in [7, 11) is -3.85. The summed E-state index contributed by atoms with van der Waals surface area (Å²) in [6, 6.07) is 3.87. The Hall–Kier alpha value is -1.77. The van der Waals surface area contributed by atoms with Gasteiger partial charge in [-0.3, -0.25) is 0 Å². The lowest BCUT2D eigenvalue weighted by atomic mass is 10.2. The van der Waals surface area contributed by atoms with E-state index in [1.807, 2.05) is 0 Å². The summed E-state index contributed by atoms with van der Waals surface area (Å²) < 4.78 is 40.2. The number of hydrogen-bond acceptors (Lipinski definition) is 4. The zero-order chi connectivity index (χ0) is 15.3. The molecule has 4 N–H and O–H groups in total. The van der Waals surface area contributed by atoms with Crippen molar-refractivity contribution in [2.45, 2.75) is 24.3 Å². The van der Waals surface area contributed by atoms with Crippen molar-refractivity contribution >= 4 is 10.0 Å². The van der Waals surface area contributed by atoms with Crippen LogP contribution in [0.4, 0.5) is 4.39 Å². The van der Waals surface area contributed by atoms with E-state index in [0.29, 0.717) is 18.4 Å². The number of rotatable bonds is 7. The summed E-state index contributed by atoms with van der Waals surface area (Å²) >= 11 is 0. The van der Waals surface area contributed by atoms with Gasteiger partial charge in [-0.25, -0.2) is 22.5 Å². The fourth-order valence-electron chi connectivity index (χ4n) is 1.86. The van der Waals surface area contributed by atoms with E-state index in [9.17, 15) is 12.8 Å². The molecule has 0 saturated heterocycles. The van der Waals surface area contributed by atoms with E-state index < -0.39 is 15.8 Å². The molecular formula is C13H17FN4O2S. The predicted octanol–water partition coefficient (Wildman–Crippen LogP) is 0.919. The third-order valence-electron chi connectivity index (χ3n) is 2.96. The molecule has 0 saturated carbocycles. The summed E-state index contributed by atoms with van der Waals surface area (Å²) in [5.74, 6) is -0.0100. The molecule has 2 rings (SSSR count). The zero-order valence-electron chi connectivity index (χ0n) is 11.3. The molecule has 0 aliphatic carbocycles. The van der Waals surface area contributed by atoms with Crippen LogP contribution in [0.3, 0.4) is 0 Å². The second-order valence-corrected chi connectivity index (χ2v) is 6.24. The van der Waals surface area contributed by atoms with Crippen LogP contribution in [0.1, 0.15) is 17.8 Å². The molecule has 1 aromatic heterocycles. The van der Waals surface area contributed by atoms with Crippen LogP contribution in [-0.4, -0.2) is 24.9 Å². The smallest absolute Gasteiger partial charge is 0.243 e. The standard InChI is InChI=1S/C13H17FN4O2S/c14-11-8-10(9-15)3-4-12(11)21(19,20)18-5-1-2-13-16-6-7-17-13/h3-4,6-8,18H,1-2,5,9,15H2,(H,16,17). The molecular weight excluding hydrogens is 295 g/mol. The van der Waals surface area contributed by atoms with Gasteiger partial charge >= 0.3 is 0 Å². The monoisotopic (exact) mass is 312 g/mol. The number of nitrogens with one attached hydrogen (secondary N) is 2. The van der Waals surface area contributed by atoms with E-state index in [0.717, 1.165) is 11.9 Å². The van der Waals surface area contributed by atoms with Crippen LogP contribution in [0.2, 0.25) is 0 Å². The summed E-state index contributed by atoms with van der Waals surface area (Å²) in [5, 5.41) is 0. The first kappa shape index (κ1) is 15.6. The molecule has 8 heteroatoms. The summed E-state index contributed by atoms with van der Waals surface area (Å²) in [6.07, 6.45) is 4.51. The van der Waals surface area contributed by atoms with Crippen LogP contribution in [0, 0.1) is 5.82 Å². The maximum Gasteiger partial charge on any atom is 0.243 e. The minimum absolute atomic E-state index is 0.161. The molecule has 2 aromatic rings. The number of aryl methyl sites for hydroxylation is 1. The van der Waals surface area contributed by atoms with E-state index in [4.69, 9.17) is 5.73 Å². The van der Waals surface area contributed by atoms with Crippen LogP contribution in [0.15, 0.2) is 35.5 Å². The number of hydrogen-bond donors (Lipinski definition) is 3. The Balaban J connectivity index is 1.95. The molecule has 21 heavy (non-hydrogen) atoms. The molecule has 0 aliphatic rings. The third-order valence-corrected chi connectivity index (χ3v) is 4.45. The normalized spacial score (nSPS) is 11.7. The van der Waals surface area contributed by atoms with Gasteiger partial charge in [-0.2, -0.15) is 0 Å². The number of benzene rings is 1. The van der Waals surface area contributed by atoms with Crippen LogP contribution in [0.5, 0.6) is 0 Å². The van der Waals surface area contributed by atoms with Crippen molar-refractivity contribution < 1.29 is 12.8 Å². The fraction of sp³-hybridized carbons (Fsp3) is 0.308. The van der Waals surface area contributed by atoms with Gasteiger partial charge in [-0.15, -0.1) is 0 Å². The van der Waals surface area contributed by atoms with Gasteiger partial charge in [0, 0.05) is 31.9 Å². The van der Waals surface area contributed by atoms with E-state index in [-0.39, 0.29) is 18.0 Å². The molecule has 0 aliphatic heterocycles. The Morgan fingerprint density at radius 3 is 2.81 bits per heavy atom.